The lowest BCUT2D eigenvalue weighted by Crippen LogP contribution is -2.40. The van der Waals surface area contributed by atoms with Gasteiger partial charge in [0.2, 0.25) is 9.84 Å². The average molecular weight is 494 g/mol. The van der Waals surface area contributed by atoms with Gasteiger partial charge in [-0.25, -0.2) is 13.2 Å². The fourth-order valence-electron chi connectivity index (χ4n) is 5.88. The van der Waals surface area contributed by atoms with Crippen LogP contribution in [0.1, 0.15) is 48.3 Å². The molecule has 2 aromatic carbocycles. The van der Waals surface area contributed by atoms with E-state index >= 15 is 0 Å². The summed E-state index contributed by atoms with van der Waals surface area (Å²) in [6.07, 6.45) is 4.93. The number of para-hydroxylation sites is 1. The highest BCUT2D eigenvalue weighted by Gasteiger charge is 2.46. The van der Waals surface area contributed by atoms with Crippen molar-refractivity contribution in [1.29, 1.82) is 0 Å². The van der Waals surface area contributed by atoms with Crippen molar-refractivity contribution in [3.8, 4) is 5.69 Å². The second-order valence-electron chi connectivity index (χ2n) is 10.0. The molecule has 35 heavy (non-hydrogen) atoms. The Balaban J connectivity index is 1.15. The number of benzene rings is 2. The Labute approximate surface area is 203 Å². The molecule has 1 spiro atoms. The summed E-state index contributed by atoms with van der Waals surface area (Å²) in [5.41, 5.74) is 4.22. The second kappa shape index (κ2) is 8.44. The first-order valence-corrected chi connectivity index (χ1v) is 13.7. The third-order valence-electron chi connectivity index (χ3n) is 7.66. The summed E-state index contributed by atoms with van der Waals surface area (Å²) in [6.45, 7) is 0.455. The number of rotatable bonds is 5. The zero-order chi connectivity index (χ0) is 24.0. The van der Waals surface area contributed by atoms with Gasteiger partial charge in [-0.3, -0.25) is 0 Å². The lowest BCUT2D eigenvalue weighted by molar-refractivity contribution is 0.172. The van der Waals surface area contributed by atoms with Crippen LogP contribution in [-0.2, 0) is 27.4 Å². The normalized spacial score (nSPS) is 25.9. The van der Waals surface area contributed by atoms with Gasteiger partial charge in [0.25, 0.3) is 5.16 Å². The summed E-state index contributed by atoms with van der Waals surface area (Å²) in [5.74, 6) is 0.434. The summed E-state index contributed by atoms with van der Waals surface area (Å²) in [7, 11) is -3.66. The van der Waals surface area contributed by atoms with Crippen LogP contribution in [0.2, 0.25) is 0 Å². The number of hydrogen-bond acceptors (Lipinski definition) is 7. The van der Waals surface area contributed by atoms with Crippen LogP contribution in [0.4, 0.5) is 4.79 Å². The van der Waals surface area contributed by atoms with Crippen molar-refractivity contribution in [2.75, 3.05) is 12.4 Å². The monoisotopic (exact) mass is 493 g/mol. The van der Waals surface area contributed by atoms with Crippen LogP contribution in [-0.4, -0.2) is 52.6 Å². The third kappa shape index (κ3) is 4.20. The van der Waals surface area contributed by atoms with Gasteiger partial charge in [0.15, 0.2) is 0 Å². The number of nitrogens with one attached hydrogen (secondary N) is 1. The van der Waals surface area contributed by atoms with E-state index in [0.29, 0.717) is 18.2 Å². The van der Waals surface area contributed by atoms with E-state index in [1.54, 1.807) is 12.1 Å². The van der Waals surface area contributed by atoms with Crippen LogP contribution >= 0.6 is 0 Å². The van der Waals surface area contributed by atoms with Gasteiger partial charge in [0.1, 0.15) is 6.61 Å². The van der Waals surface area contributed by atoms with Gasteiger partial charge in [-0.1, -0.05) is 41.5 Å². The fraction of sp³-hybridized carbons (Fsp3) is 0.440. The first-order valence-electron chi connectivity index (χ1n) is 12.0. The zero-order valence-electron chi connectivity index (χ0n) is 19.3. The molecule has 1 aromatic heterocycles. The number of carbonyl (C=O) groups is 1. The van der Waals surface area contributed by atoms with Crippen LogP contribution in [0, 0.1) is 5.92 Å². The first kappa shape index (κ1) is 22.2. The van der Waals surface area contributed by atoms with Crippen molar-refractivity contribution in [3.05, 3.63) is 65.2 Å². The number of hydrogen-bond donors (Lipinski definition) is 1. The number of amides is 1. The molecule has 2 aliphatic carbocycles. The maximum Gasteiger partial charge on any atom is 0.407 e. The van der Waals surface area contributed by atoms with Gasteiger partial charge in [0.05, 0.1) is 17.0 Å². The summed E-state index contributed by atoms with van der Waals surface area (Å²) in [6, 6.07) is 15.7. The van der Waals surface area contributed by atoms with Gasteiger partial charge in [-0.15, -0.1) is 0 Å². The molecule has 2 fully saturated rings. The predicted molar refractivity (Wildman–Crippen MR) is 127 cm³/mol. The summed E-state index contributed by atoms with van der Waals surface area (Å²) in [4.78, 5) is 11.5. The zero-order valence-corrected chi connectivity index (χ0v) is 20.1. The molecule has 1 saturated carbocycles. The largest absolute Gasteiger partial charge is 0.447 e. The molecular formula is C25H27N5O4S. The van der Waals surface area contributed by atoms with Gasteiger partial charge in [0, 0.05) is 0 Å². The summed E-state index contributed by atoms with van der Waals surface area (Å²) >= 11 is 0. The number of cyclic esters (lactones) is 1. The molecular weight excluding hydrogens is 466 g/mol. The van der Waals surface area contributed by atoms with E-state index in [0.717, 1.165) is 38.5 Å². The number of nitrogens with zero attached hydrogens (tertiary/aromatic N) is 4. The minimum absolute atomic E-state index is 0.0138. The lowest BCUT2D eigenvalue weighted by Gasteiger charge is -2.26. The maximum atomic E-state index is 13.2. The van der Waals surface area contributed by atoms with Crippen molar-refractivity contribution < 1.29 is 17.9 Å². The highest BCUT2D eigenvalue weighted by Crippen LogP contribution is 2.43. The molecule has 1 aliphatic heterocycles. The Hall–Kier alpha value is -3.27. The fourth-order valence-corrected chi connectivity index (χ4v) is 7.50. The molecule has 9 nitrogen and oxygen atoms in total. The Bertz CT molecular complexity index is 1370. The van der Waals surface area contributed by atoms with Crippen LogP contribution in [0.25, 0.3) is 5.69 Å². The van der Waals surface area contributed by atoms with Crippen molar-refractivity contribution in [2.45, 2.75) is 55.1 Å². The van der Waals surface area contributed by atoms with E-state index in [2.05, 4.69) is 39.0 Å². The molecule has 3 aromatic rings. The SMILES string of the molecule is O=C1N[C@@]2(CC[C@H](c3ccc4c(c3)CCC(CS(=O)(=O)c3nnnn3-c3ccccc3)C4)C2)CO1. The molecule has 1 amide bonds. The average Bonchev–Trinajstić information content (AvgIpc) is 3.60. The first-order chi connectivity index (χ1) is 16.9. The molecule has 10 heteroatoms. The topological polar surface area (TPSA) is 116 Å². The molecule has 3 aliphatic rings. The molecule has 182 valence electrons. The molecule has 1 saturated heterocycles. The molecule has 0 radical (unpaired) electrons. The Morgan fingerprint density at radius 1 is 1.11 bits per heavy atom. The molecule has 1 N–H and O–H groups in total. The quantitative estimate of drug-likeness (QED) is 0.581. The summed E-state index contributed by atoms with van der Waals surface area (Å²) < 4.78 is 32.9. The number of ether oxygens (including phenoxy) is 1. The Morgan fingerprint density at radius 2 is 1.97 bits per heavy atom. The highest BCUT2D eigenvalue weighted by molar-refractivity contribution is 7.91. The number of aryl methyl sites for hydroxylation is 1. The van der Waals surface area contributed by atoms with Gasteiger partial charge in [-0.2, -0.15) is 4.68 Å². The number of aromatic nitrogens is 4. The number of tetrazole rings is 1. The van der Waals surface area contributed by atoms with Crippen molar-refractivity contribution in [2.24, 2.45) is 5.92 Å². The van der Waals surface area contributed by atoms with Crippen LogP contribution in [0.15, 0.2) is 53.7 Å². The lowest BCUT2D eigenvalue weighted by atomic mass is 9.82. The van der Waals surface area contributed by atoms with Crippen LogP contribution < -0.4 is 5.32 Å². The second-order valence-corrected chi connectivity index (χ2v) is 12.0. The van der Waals surface area contributed by atoms with Crippen molar-refractivity contribution in [1.82, 2.24) is 25.5 Å². The van der Waals surface area contributed by atoms with E-state index < -0.39 is 9.84 Å². The molecule has 6 rings (SSSR count). The van der Waals surface area contributed by atoms with Gasteiger partial charge >= 0.3 is 6.09 Å². The minimum atomic E-state index is -3.66. The highest BCUT2D eigenvalue weighted by atomic mass is 32.2. The Kier molecular flexibility index (Phi) is 5.36. The standard InChI is InChI=1S/C25H27N5O4S/c31-24-26-25(16-34-24)11-10-21(14-25)20-9-8-18-12-17(6-7-19(18)13-20)15-35(32,33)23-27-28-29-30(23)22-4-2-1-3-5-22/h1-5,8-9,13,17,21H,6-7,10-12,14-16H2,(H,26,31)/t17?,21-,25+/m0/s1. The molecule has 0 bridgehead atoms. The predicted octanol–water partition coefficient (Wildman–Crippen LogP) is 2.99. The number of fused-ring (bicyclic) bond motifs is 1. The molecule has 1 unspecified atom stereocenters. The van der Waals surface area contributed by atoms with Crippen LogP contribution in [0.5, 0.6) is 0 Å². The third-order valence-corrected chi connectivity index (χ3v) is 9.38. The Morgan fingerprint density at radius 3 is 2.77 bits per heavy atom. The smallest absolute Gasteiger partial charge is 0.407 e. The molecule has 2 heterocycles. The number of carbonyl (C=O) groups excluding carboxylic acids is 1. The van der Waals surface area contributed by atoms with Crippen molar-refractivity contribution in [3.63, 3.8) is 0 Å². The van der Waals surface area contributed by atoms with Gasteiger partial charge < -0.3 is 10.1 Å². The van der Waals surface area contributed by atoms with Crippen molar-refractivity contribution >= 4 is 15.9 Å². The number of alkyl carbamates (subject to hydrolysis) is 1. The molecule has 3 atom stereocenters. The van der Waals surface area contributed by atoms with E-state index in [4.69, 9.17) is 4.74 Å². The van der Waals surface area contributed by atoms with E-state index in [-0.39, 0.29) is 28.5 Å². The van der Waals surface area contributed by atoms with E-state index in [9.17, 15) is 13.2 Å². The van der Waals surface area contributed by atoms with Gasteiger partial charge in [-0.05, 0) is 89.6 Å². The minimum Gasteiger partial charge on any atom is -0.447 e. The maximum absolute atomic E-state index is 13.2. The summed E-state index contributed by atoms with van der Waals surface area (Å²) in [5, 5.41) is 14.3. The number of sulfone groups is 1. The van der Waals surface area contributed by atoms with E-state index in [1.807, 2.05) is 18.2 Å². The van der Waals surface area contributed by atoms with E-state index in [1.165, 1.54) is 21.4 Å². The van der Waals surface area contributed by atoms with Crippen LogP contribution in [0.3, 0.4) is 0 Å².